The first kappa shape index (κ1) is 15.6. The minimum Gasteiger partial charge on any atom is -0.548 e. The van der Waals surface area contributed by atoms with E-state index in [1.54, 1.807) is 36.4 Å². The molecule has 0 saturated heterocycles. The van der Waals surface area contributed by atoms with E-state index in [0.29, 0.717) is 11.3 Å². The van der Waals surface area contributed by atoms with Crippen LogP contribution >= 0.6 is 0 Å². The molecule has 0 bridgehead atoms. The summed E-state index contributed by atoms with van der Waals surface area (Å²) in [7, 11) is 1.50. The molecule has 0 aromatic heterocycles. The molecule has 0 radical (unpaired) electrons. The molecule has 22 heavy (non-hydrogen) atoms. The normalized spacial score (nSPS) is 11.5. The minimum atomic E-state index is -1.32. The lowest BCUT2D eigenvalue weighted by Crippen LogP contribution is -2.49. The van der Waals surface area contributed by atoms with Gasteiger partial charge >= 0.3 is 0 Å². The number of aliphatic carboxylic acids is 1. The third-order valence-electron chi connectivity index (χ3n) is 3.20. The summed E-state index contributed by atoms with van der Waals surface area (Å²) in [5.41, 5.74) is 1.14. The molecule has 0 heterocycles. The number of carboxylic acid groups (broad SMARTS) is 1. The highest BCUT2D eigenvalue weighted by molar-refractivity contribution is 5.96. The molecule has 0 unspecified atom stereocenters. The van der Waals surface area contributed by atoms with Gasteiger partial charge in [0.25, 0.3) is 5.91 Å². The molecule has 2 aromatic carbocycles. The monoisotopic (exact) mass is 298 g/mol. The molecule has 5 nitrogen and oxygen atoms in total. The van der Waals surface area contributed by atoms with Crippen molar-refractivity contribution in [2.75, 3.05) is 7.11 Å². The second-order valence-corrected chi connectivity index (χ2v) is 4.77. The van der Waals surface area contributed by atoms with Crippen LogP contribution in [0.4, 0.5) is 0 Å². The lowest BCUT2D eigenvalue weighted by atomic mass is 10.1. The summed E-state index contributed by atoms with van der Waals surface area (Å²) in [5, 5.41) is 13.7. The number of rotatable bonds is 6. The van der Waals surface area contributed by atoms with E-state index in [1.165, 1.54) is 7.11 Å². The second-order valence-electron chi connectivity index (χ2n) is 4.77. The molecular formula is C17H16NO4-. The Bertz CT molecular complexity index is 655. The van der Waals surface area contributed by atoms with Crippen molar-refractivity contribution in [2.45, 2.75) is 12.5 Å². The number of benzene rings is 2. The number of hydrogen-bond donors (Lipinski definition) is 1. The predicted octanol–water partition coefficient (Wildman–Crippen LogP) is 0.786. The number of ether oxygens (including phenoxy) is 1. The third-order valence-corrected chi connectivity index (χ3v) is 3.20. The molecule has 5 heteroatoms. The fraction of sp³-hybridized carbons (Fsp3) is 0.176. The first-order valence-electron chi connectivity index (χ1n) is 6.80. The Morgan fingerprint density at radius 3 is 2.50 bits per heavy atom. The van der Waals surface area contributed by atoms with Crippen molar-refractivity contribution < 1.29 is 19.4 Å². The van der Waals surface area contributed by atoms with E-state index < -0.39 is 17.9 Å². The van der Waals surface area contributed by atoms with Crippen LogP contribution in [0, 0.1) is 0 Å². The average molecular weight is 298 g/mol. The van der Waals surface area contributed by atoms with Crippen LogP contribution in [0.3, 0.4) is 0 Å². The zero-order valence-electron chi connectivity index (χ0n) is 12.1. The Balaban J connectivity index is 2.10. The molecule has 0 aliphatic carbocycles. The van der Waals surface area contributed by atoms with E-state index in [1.807, 2.05) is 18.2 Å². The van der Waals surface area contributed by atoms with Crippen LogP contribution < -0.4 is 15.2 Å². The Kier molecular flexibility index (Phi) is 5.14. The number of nitrogens with one attached hydrogen (secondary N) is 1. The molecule has 0 aliphatic heterocycles. The lowest BCUT2D eigenvalue weighted by Gasteiger charge is -2.20. The van der Waals surface area contributed by atoms with Gasteiger partial charge in [0.2, 0.25) is 0 Å². The summed E-state index contributed by atoms with van der Waals surface area (Å²) in [4.78, 5) is 23.4. The second kappa shape index (κ2) is 7.26. The van der Waals surface area contributed by atoms with E-state index in [9.17, 15) is 14.7 Å². The molecule has 0 aliphatic rings. The van der Waals surface area contributed by atoms with Crippen LogP contribution in [-0.2, 0) is 11.2 Å². The third kappa shape index (κ3) is 4.09. The molecule has 2 aromatic rings. The van der Waals surface area contributed by atoms with Crippen LogP contribution in [0.1, 0.15) is 15.9 Å². The topological polar surface area (TPSA) is 78.5 Å². The van der Waals surface area contributed by atoms with Gasteiger partial charge in [0.15, 0.2) is 0 Å². The molecular weight excluding hydrogens is 282 g/mol. The van der Waals surface area contributed by atoms with Crippen molar-refractivity contribution in [1.29, 1.82) is 0 Å². The minimum absolute atomic E-state index is 0.166. The molecule has 0 saturated carbocycles. The van der Waals surface area contributed by atoms with E-state index in [2.05, 4.69) is 5.32 Å². The van der Waals surface area contributed by atoms with Crippen molar-refractivity contribution in [3.8, 4) is 5.75 Å². The van der Waals surface area contributed by atoms with E-state index in [0.717, 1.165) is 5.56 Å². The summed E-state index contributed by atoms with van der Waals surface area (Å²) in [6.07, 6.45) is 0.166. The van der Waals surface area contributed by atoms with E-state index in [4.69, 9.17) is 4.74 Å². The zero-order chi connectivity index (χ0) is 15.9. The molecule has 0 spiro atoms. The standard InChI is InChI=1S/C17H17NO4/c1-22-14-9-5-8-13(11-14)16(19)18-15(17(20)21)10-12-6-3-2-4-7-12/h2-9,11,15H,10H2,1H3,(H,18,19)(H,20,21)/p-1/t15-/m1/s1. The Labute approximate surface area is 128 Å². The Hall–Kier alpha value is -2.82. The summed E-state index contributed by atoms with van der Waals surface area (Å²) < 4.78 is 5.04. The molecule has 114 valence electrons. The van der Waals surface area contributed by atoms with E-state index >= 15 is 0 Å². The fourth-order valence-corrected chi connectivity index (χ4v) is 2.05. The number of amides is 1. The summed E-state index contributed by atoms with van der Waals surface area (Å²) in [5.74, 6) is -1.27. The zero-order valence-corrected chi connectivity index (χ0v) is 12.1. The number of carbonyl (C=O) groups is 2. The number of methoxy groups -OCH3 is 1. The van der Waals surface area contributed by atoms with Gasteiger partial charge in [-0.2, -0.15) is 0 Å². The number of carbonyl (C=O) groups excluding carboxylic acids is 2. The molecule has 0 fully saturated rings. The van der Waals surface area contributed by atoms with Crippen molar-refractivity contribution in [3.63, 3.8) is 0 Å². The summed E-state index contributed by atoms with van der Waals surface area (Å²) >= 11 is 0. The van der Waals surface area contributed by atoms with Gasteiger partial charge in [-0.1, -0.05) is 36.4 Å². The first-order valence-corrected chi connectivity index (χ1v) is 6.80. The van der Waals surface area contributed by atoms with Crippen LogP contribution in [-0.4, -0.2) is 25.0 Å². The van der Waals surface area contributed by atoms with Crippen LogP contribution in [0.15, 0.2) is 54.6 Å². The van der Waals surface area contributed by atoms with Crippen molar-refractivity contribution in [3.05, 3.63) is 65.7 Å². The van der Waals surface area contributed by atoms with E-state index in [-0.39, 0.29) is 6.42 Å². The molecule has 2 rings (SSSR count). The van der Waals surface area contributed by atoms with Crippen molar-refractivity contribution >= 4 is 11.9 Å². The van der Waals surface area contributed by atoms with Gasteiger partial charge in [0.1, 0.15) is 5.75 Å². The number of carboxylic acids is 1. The SMILES string of the molecule is COc1cccc(C(=O)N[C@H](Cc2ccccc2)C(=O)[O-])c1. The van der Waals surface area contributed by atoms with Gasteiger partial charge in [-0.25, -0.2) is 0 Å². The van der Waals surface area contributed by atoms with Crippen LogP contribution in [0.25, 0.3) is 0 Å². The largest absolute Gasteiger partial charge is 0.548 e. The van der Waals surface area contributed by atoms with Crippen molar-refractivity contribution in [2.24, 2.45) is 0 Å². The lowest BCUT2D eigenvalue weighted by molar-refractivity contribution is -0.308. The highest BCUT2D eigenvalue weighted by atomic mass is 16.5. The van der Waals surface area contributed by atoms with Gasteiger partial charge in [0, 0.05) is 5.56 Å². The highest BCUT2D eigenvalue weighted by Gasteiger charge is 2.15. The maximum Gasteiger partial charge on any atom is 0.251 e. The Morgan fingerprint density at radius 2 is 1.86 bits per heavy atom. The molecule has 1 amide bonds. The van der Waals surface area contributed by atoms with Crippen molar-refractivity contribution in [1.82, 2.24) is 5.32 Å². The van der Waals surface area contributed by atoms with Gasteiger partial charge in [-0.05, 0) is 30.2 Å². The van der Waals surface area contributed by atoms with Gasteiger partial charge in [-0.3, -0.25) is 4.79 Å². The highest BCUT2D eigenvalue weighted by Crippen LogP contribution is 2.13. The molecule has 1 atom stereocenters. The van der Waals surface area contributed by atoms with Crippen LogP contribution in [0.2, 0.25) is 0 Å². The van der Waals surface area contributed by atoms with Gasteiger partial charge < -0.3 is 20.0 Å². The molecule has 1 N–H and O–H groups in total. The fourth-order valence-electron chi connectivity index (χ4n) is 2.05. The average Bonchev–Trinajstić information content (AvgIpc) is 2.55. The predicted molar refractivity (Wildman–Crippen MR) is 79.4 cm³/mol. The first-order chi connectivity index (χ1) is 10.6. The smallest absolute Gasteiger partial charge is 0.251 e. The number of hydrogen-bond acceptors (Lipinski definition) is 4. The van der Waals surface area contributed by atoms with Crippen LogP contribution in [0.5, 0.6) is 5.75 Å². The van der Waals surface area contributed by atoms with Gasteiger partial charge in [0.05, 0.1) is 19.1 Å². The maximum atomic E-state index is 12.2. The Morgan fingerprint density at radius 1 is 1.14 bits per heavy atom. The summed E-state index contributed by atoms with van der Waals surface area (Å²) in [6, 6.07) is 14.5. The maximum absolute atomic E-state index is 12.2. The summed E-state index contributed by atoms with van der Waals surface area (Å²) in [6.45, 7) is 0. The quantitative estimate of drug-likeness (QED) is 0.855. The van der Waals surface area contributed by atoms with Gasteiger partial charge in [-0.15, -0.1) is 0 Å².